The fraction of sp³-hybridized carbons (Fsp3) is 0.407. The summed E-state index contributed by atoms with van der Waals surface area (Å²) in [7, 11) is 0. The molecule has 6 rings (SSSR count). The number of ketones is 2. The number of aromatic amines is 1. The number of Topliss-reactive ketones (excluding diaryl/α,β-unsaturated/α-hetero) is 2. The van der Waals surface area contributed by atoms with Gasteiger partial charge in [-0.25, -0.2) is 4.98 Å². The van der Waals surface area contributed by atoms with Crippen molar-refractivity contribution in [1.29, 1.82) is 0 Å². The maximum Gasteiger partial charge on any atom is 0.255 e. The standard InChI is InChI=1S/C27H28N4O8/c28-26(37)20-23(34)21(31-12-3-5-39-6-4-12)15-8-11-7-14-13(16-9-29-10-30-16)1-2-17(32)19(14)22(33)18(11)24(35)27(15,38)25(20)36/h1-2,9-12,15,21,31-33,36,38H,3-8H2,(H2,28,37)(H,29,30)/t11-,15-,21+,27-/m0/s1. The molecule has 0 spiro atoms. The second-order valence-corrected chi connectivity index (χ2v) is 10.5. The van der Waals surface area contributed by atoms with Crippen LogP contribution >= 0.6 is 0 Å². The molecule has 0 bridgehead atoms. The molecule has 2 fully saturated rings. The minimum atomic E-state index is -2.69. The van der Waals surface area contributed by atoms with Crippen molar-refractivity contribution in [3.8, 4) is 17.0 Å². The Kier molecular flexibility index (Phi) is 5.86. The first-order valence-electron chi connectivity index (χ1n) is 12.8. The highest BCUT2D eigenvalue weighted by molar-refractivity contribution is 6.24. The van der Waals surface area contributed by atoms with Crippen LogP contribution in [0.15, 0.2) is 41.6 Å². The topological polar surface area (TPSA) is 208 Å². The van der Waals surface area contributed by atoms with Crippen LogP contribution in [0.2, 0.25) is 0 Å². The van der Waals surface area contributed by atoms with Gasteiger partial charge in [0.2, 0.25) is 5.78 Å². The fourth-order valence-corrected chi connectivity index (χ4v) is 6.64. The zero-order valence-corrected chi connectivity index (χ0v) is 20.8. The summed E-state index contributed by atoms with van der Waals surface area (Å²) in [5, 5.41) is 48.1. The number of aliphatic hydroxyl groups excluding tert-OH is 2. The summed E-state index contributed by atoms with van der Waals surface area (Å²) in [6.07, 6.45) is 4.44. The molecule has 12 nitrogen and oxygen atoms in total. The molecule has 2 heterocycles. The molecule has 4 aliphatic rings. The highest BCUT2D eigenvalue weighted by Gasteiger charge is 2.64. The van der Waals surface area contributed by atoms with Crippen molar-refractivity contribution >= 4 is 23.2 Å². The zero-order chi connectivity index (χ0) is 27.6. The average Bonchev–Trinajstić information content (AvgIpc) is 3.44. The number of phenolic OH excluding ortho intramolecular Hbond substituents is 1. The van der Waals surface area contributed by atoms with Gasteiger partial charge in [0, 0.05) is 36.3 Å². The molecule has 3 aliphatic carbocycles. The second-order valence-electron chi connectivity index (χ2n) is 10.5. The summed E-state index contributed by atoms with van der Waals surface area (Å²) in [6, 6.07) is 1.67. The number of aliphatic hydroxyl groups is 3. The van der Waals surface area contributed by atoms with E-state index in [4.69, 9.17) is 10.5 Å². The summed E-state index contributed by atoms with van der Waals surface area (Å²) < 4.78 is 5.39. The van der Waals surface area contributed by atoms with Crippen LogP contribution in [0, 0.1) is 11.8 Å². The predicted molar refractivity (Wildman–Crippen MR) is 135 cm³/mol. The minimum absolute atomic E-state index is 0.0157. The van der Waals surface area contributed by atoms with Gasteiger partial charge in [-0.2, -0.15) is 0 Å². The fourth-order valence-electron chi connectivity index (χ4n) is 6.64. The lowest BCUT2D eigenvalue weighted by molar-refractivity contribution is -0.150. The first kappa shape index (κ1) is 25.3. The van der Waals surface area contributed by atoms with Gasteiger partial charge in [-0.1, -0.05) is 0 Å². The highest BCUT2D eigenvalue weighted by atomic mass is 16.5. The molecule has 39 heavy (non-hydrogen) atoms. The largest absolute Gasteiger partial charge is 0.508 e. The normalized spacial score (nSPS) is 29.2. The molecule has 1 aliphatic heterocycles. The number of rotatable bonds is 4. The van der Waals surface area contributed by atoms with Crippen molar-refractivity contribution in [1.82, 2.24) is 15.3 Å². The number of carbonyl (C=O) groups excluding carboxylic acids is 3. The Morgan fingerprint density at radius 1 is 1.18 bits per heavy atom. The number of fused-ring (bicyclic) bond motifs is 3. The Morgan fingerprint density at radius 3 is 2.59 bits per heavy atom. The number of aromatic hydroxyl groups is 1. The van der Waals surface area contributed by atoms with Gasteiger partial charge in [-0.3, -0.25) is 14.4 Å². The van der Waals surface area contributed by atoms with Crippen LogP contribution in [0.3, 0.4) is 0 Å². The molecule has 1 saturated carbocycles. The van der Waals surface area contributed by atoms with E-state index in [0.29, 0.717) is 42.9 Å². The summed E-state index contributed by atoms with van der Waals surface area (Å²) in [5.74, 6) is -6.83. The van der Waals surface area contributed by atoms with E-state index in [1.165, 1.54) is 12.4 Å². The number of aromatic nitrogens is 2. The van der Waals surface area contributed by atoms with E-state index in [2.05, 4.69) is 15.3 Å². The van der Waals surface area contributed by atoms with E-state index in [9.17, 15) is 34.8 Å². The number of ether oxygens (including phenoxy) is 1. The van der Waals surface area contributed by atoms with Gasteiger partial charge < -0.3 is 41.2 Å². The van der Waals surface area contributed by atoms with E-state index in [1.54, 1.807) is 12.3 Å². The smallest absolute Gasteiger partial charge is 0.255 e. The summed E-state index contributed by atoms with van der Waals surface area (Å²) >= 11 is 0. The molecule has 1 aromatic carbocycles. The predicted octanol–water partition coefficient (Wildman–Crippen LogP) is 0.561. The van der Waals surface area contributed by atoms with Crippen molar-refractivity contribution in [2.24, 2.45) is 17.6 Å². The molecule has 2 aromatic rings. The summed E-state index contributed by atoms with van der Waals surface area (Å²) in [4.78, 5) is 46.8. The lowest BCUT2D eigenvalue weighted by Gasteiger charge is -2.49. The van der Waals surface area contributed by atoms with Crippen LogP contribution in [0.1, 0.15) is 30.4 Å². The molecular formula is C27H28N4O8. The van der Waals surface area contributed by atoms with Crippen LogP contribution < -0.4 is 11.1 Å². The first-order chi connectivity index (χ1) is 18.6. The van der Waals surface area contributed by atoms with Gasteiger partial charge >= 0.3 is 0 Å². The first-order valence-corrected chi connectivity index (χ1v) is 12.8. The molecule has 204 valence electrons. The molecule has 0 unspecified atom stereocenters. The Morgan fingerprint density at radius 2 is 1.92 bits per heavy atom. The number of nitrogens with one attached hydrogen (secondary N) is 2. The number of nitrogens with two attached hydrogens (primary N) is 1. The van der Waals surface area contributed by atoms with E-state index in [0.717, 1.165) is 0 Å². The number of amides is 1. The van der Waals surface area contributed by atoms with Crippen LogP contribution in [-0.4, -0.2) is 78.8 Å². The Hall–Kier alpha value is -4.00. The third-order valence-electron chi connectivity index (χ3n) is 8.51. The molecule has 1 saturated heterocycles. The molecule has 12 heteroatoms. The van der Waals surface area contributed by atoms with Gasteiger partial charge in [-0.05, 0) is 49.3 Å². The second kappa shape index (κ2) is 9.04. The number of hydrogen-bond donors (Lipinski definition) is 7. The van der Waals surface area contributed by atoms with Crippen molar-refractivity contribution in [2.45, 2.75) is 43.4 Å². The molecule has 1 aromatic heterocycles. The third kappa shape index (κ3) is 3.63. The number of benzene rings is 1. The van der Waals surface area contributed by atoms with Gasteiger partial charge in [0.25, 0.3) is 5.91 Å². The number of phenols is 1. The lowest BCUT2D eigenvalue weighted by Crippen LogP contribution is -2.67. The van der Waals surface area contributed by atoms with Gasteiger partial charge in [-0.15, -0.1) is 0 Å². The Bertz CT molecular complexity index is 1460. The van der Waals surface area contributed by atoms with Gasteiger partial charge in [0.05, 0.1) is 29.8 Å². The maximum absolute atomic E-state index is 14.0. The molecule has 0 radical (unpaired) electrons. The third-order valence-corrected chi connectivity index (χ3v) is 8.51. The monoisotopic (exact) mass is 536 g/mol. The summed E-state index contributed by atoms with van der Waals surface area (Å²) in [6.45, 7) is 0.909. The average molecular weight is 537 g/mol. The SMILES string of the molecule is NC(=O)C1=C(O)[C@@]2(O)C(=O)C3=C(O)c4c(O)ccc(-c5cnc[nH]5)c4C[C@H]3C[C@H]2[C@@H](NC2CCOCC2)C1=O. The van der Waals surface area contributed by atoms with Crippen LogP contribution in [0.4, 0.5) is 0 Å². The number of hydrogen-bond acceptors (Lipinski definition) is 10. The Balaban J connectivity index is 1.51. The maximum atomic E-state index is 14.0. The molecule has 8 N–H and O–H groups in total. The van der Waals surface area contributed by atoms with Crippen LogP contribution in [0.25, 0.3) is 17.0 Å². The van der Waals surface area contributed by atoms with E-state index in [1.807, 2.05) is 0 Å². The van der Waals surface area contributed by atoms with Crippen LogP contribution in [-0.2, 0) is 25.5 Å². The molecule has 4 atom stereocenters. The van der Waals surface area contributed by atoms with Crippen molar-refractivity contribution < 1.29 is 39.5 Å². The van der Waals surface area contributed by atoms with Gasteiger partial charge in [0.1, 0.15) is 22.8 Å². The zero-order valence-electron chi connectivity index (χ0n) is 20.8. The van der Waals surface area contributed by atoms with Gasteiger partial charge in [0.15, 0.2) is 11.4 Å². The van der Waals surface area contributed by atoms with Crippen molar-refractivity contribution in [2.75, 3.05) is 13.2 Å². The number of primary amides is 1. The van der Waals surface area contributed by atoms with E-state index >= 15 is 0 Å². The van der Waals surface area contributed by atoms with E-state index < -0.39 is 58.0 Å². The summed E-state index contributed by atoms with van der Waals surface area (Å²) in [5.41, 5.74) is 3.61. The number of nitrogens with zero attached hydrogens (tertiary/aromatic N) is 1. The number of imidazole rings is 1. The molecule has 1 amide bonds. The lowest BCUT2D eigenvalue weighted by atomic mass is 9.57. The van der Waals surface area contributed by atoms with Crippen molar-refractivity contribution in [3.63, 3.8) is 0 Å². The van der Waals surface area contributed by atoms with Crippen LogP contribution in [0.5, 0.6) is 5.75 Å². The molecular weight excluding hydrogens is 508 g/mol. The quantitative estimate of drug-likeness (QED) is 0.270. The Labute approximate surface area is 222 Å². The highest BCUT2D eigenvalue weighted by Crippen LogP contribution is 2.53. The number of H-pyrrole nitrogens is 1. The van der Waals surface area contributed by atoms with Crippen molar-refractivity contribution in [3.05, 3.63) is 52.7 Å². The number of carbonyl (C=O) groups is 3. The van der Waals surface area contributed by atoms with E-state index in [-0.39, 0.29) is 35.8 Å². The minimum Gasteiger partial charge on any atom is -0.508 e.